The molecule has 1 unspecified atom stereocenters. The average molecular weight is 461 g/mol. The number of aliphatic hydroxyl groups excluding tert-OH is 1. The minimum absolute atomic E-state index is 0.0557. The zero-order valence-corrected chi connectivity index (χ0v) is 21.3. The van der Waals surface area contributed by atoms with Crippen LogP contribution in [0.25, 0.3) is 0 Å². The smallest absolute Gasteiger partial charge is 0.335 e. The molecule has 0 saturated carbocycles. The Hall–Kier alpha value is -2.01. The Morgan fingerprint density at radius 1 is 0.818 bits per heavy atom. The Kier molecular flexibility index (Phi) is 16.2. The van der Waals surface area contributed by atoms with Gasteiger partial charge in [-0.2, -0.15) is 0 Å². The Bertz CT molecular complexity index is 645. The van der Waals surface area contributed by atoms with Crippen LogP contribution in [-0.4, -0.2) is 45.7 Å². The summed E-state index contributed by atoms with van der Waals surface area (Å²) in [6.45, 7) is 5.74. The quantitative estimate of drug-likeness (QED) is 0.260. The molecule has 0 bridgehead atoms. The van der Waals surface area contributed by atoms with E-state index in [1.165, 1.54) is 102 Å². The molecule has 1 heterocycles. The van der Waals surface area contributed by atoms with Crippen LogP contribution in [-0.2, 0) is 6.61 Å². The van der Waals surface area contributed by atoms with Gasteiger partial charge < -0.3 is 20.0 Å². The van der Waals surface area contributed by atoms with Crippen LogP contribution in [0.4, 0.5) is 0 Å². The summed E-state index contributed by atoms with van der Waals surface area (Å²) in [5, 5.41) is 17.1. The molecule has 2 N–H and O–H groups in total. The maximum Gasteiger partial charge on any atom is 0.335 e. The number of nitrogens with zero attached hydrogens (tertiary/aromatic N) is 2. The lowest BCUT2D eigenvalue weighted by Crippen LogP contribution is -2.34. The van der Waals surface area contributed by atoms with Crippen molar-refractivity contribution in [2.45, 2.75) is 110 Å². The summed E-state index contributed by atoms with van der Waals surface area (Å²) >= 11 is 0. The maximum atomic E-state index is 10.3. The number of benzene rings is 1. The monoisotopic (exact) mass is 460 g/mol. The molecule has 0 spiro atoms. The van der Waals surface area contributed by atoms with Gasteiger partial charge in [0.2, 0.25) is 0 Å². The number of carboxylic acids is 1. The minimum atomic E-state index is -0.950. The molecule has 0 radical (unpaired) electrons. The lowest BCUT2D eigenvalue weighted by atomic mass is 10.0. The van der Waals surface area contributed by atoms with Crippen molar-refractivity contribution in [3.63, 3.8) is 0 Å². The number of hydrogen-bond acceptors (Lipinski definition) is 4. The van der Waals surface area contributed by atoms with E-state index in [2.05, 4.69) is 43.1 Å². The zero-order chi connectivity index (χ0) is 24.3. The third kappa shape index (κ3) is 13.3. The van der Waals surface area contributed by atoms with E-state index < -0.39 is 5.97 Å². The van der Waals surface area contributed by atoms with Crippen LogP contribution in [0.1, 0.15) is 113 Å². The number of aromatic carboxylic acids is 1. The first kappa shape index (κ1) is 29.0. The highest BCUT2D eigenvalue weighted by Crippen LogP contribution is 2.16. The first-order valence-corrected chi connectivity index (χ1v) is 13.1. The van der Waals surface area contributed by atoms with Gasteiger partial charge in [0, 0.05) is 26.0 Å². The lowest BCUT2D eigenvalue weighted by molar-refractivity contribution is 0.0696. The highest BCUT2D eigenvalue weighted by Gasteiger charge is 2.17. The molecule has 5 heteroatoms. The van der Waals surface area contributed by atoms with Crippen molar-refractivity contribution in [1.82, 2.24) is 9.80 Å². The number of rotatable bonds is 16. The van der Waals surface area contributed by atoms with E-state index in [-0.39, 0.29) is 12.2 Å². The van der Waals surface area contributed by atoms with E-state index in [9.17, 15) is 4.79 Å². The summed E-state index contributed by atoms with van der Waals surface area (Å²) < 4.78 is 0. The standard InChI is InChI=1S/C20H40N2.C8H8O3/c1-4-5-6-7-8-9-10-11-12-13-14-15-16-17-22-19-18-21(3)20(22)2;9-5-6-1-3-7(4-2-6)8(10)11/h18-20H,4-17H2,1-3H3;1-4,9H,5H2,(H,10,11). The highest BCUT2D eigenvalue weighted by atomic mass is 16.4. The number of carboxylic acid groups (broad SMARTS) is 1. The molecule has 0 aromatic heterocycles. The van der Waals surface area contributed by atoms with Gasteiger partial charge >= 0.3 is 5.97 Å². The summed E-state index contributed by atoms with van der Waals surface area (Å²) in [6.07, 6.45) is 23.6. The third-order valence-electron chi connectivity index (χ3n) is 6.47. The second kappa shape index (κ2) is 18.4. The van der Waals surface area contributed by atoms with Gasteiger partial charge in [-0.3, -0.25) is 0 Å². The average Bonchev–Trinajstić information content (AvgIpc) is 3.14. The fraction of sp³-hybridized carbons (Fsp3) is 0.679. The highest BCUT2D eigenvalue weighted by molar-refractivity contribution is 5.87. The minimum Gasteiger partial charge on any atom is -0.478 e. The van der Waals surface area contributed by atoms with Gasteiger partial charge in [0.25, 0.3) is 0 Å². The van der Waals surface area contributed by atoms with Crippen molar-refractivity contribution in [3.05, 3.63) is 47.8 Å². The van der Waals surface area contributed by atoms with Crippen molar-refractivity contribution < 1.29 is 15.0 Å². The molecule has 1 aliphatic heterocycles. The van der Waals surface area contributed by atoms with E-state index in [1.54, 1.807) is 12.1 Å². The van der Waals surface area contributed by atoms with Crippen LogP contribution in [0.5, 0.6) is 0 Å². The van der Waals surface area contributed by atoms with E-state index in [0.717, 1.165) is 5.56 Å². The van der Waals surface area contributed by atoms with Gasteiger partial charge in [0.1, 0.15) is 0 Å². The van der Waals surface area contributed by atoms with E-state index >= 15 is 0 Å². The van der Waals surface area contributed by atoms with Crippen LogP contribution in [0.15, 0.2) is 36.7 Å². The largest absolute Gasteiger partial charge is 0.478 e. The molecule has 188 valence electrons. The predicted molar refractivity (Wildman–Crippen MR) is 138 cm³/mol. The van der Waals surface area contributed by atoms with Crippen LogP contribution < -0.4 is 0 Å². The number of carbonyl (C=O) groups is 1. The van der Waals surface area contributed by atoms with E-state index in [1.807, 2.05) is 0 Å². The maximum absolute atomic E-state index is 10.3. The molecule has 0 amide bonds. The number of aliphatic hydroxyl groups is 1. The molecule has 2 rings (SSSR count). The van der Waals surface area contributed by atoms with Gasteiger partial charge in [0.15, 0.2) is 0 Å². The SMILES string of the molecule is CCCCCCCCCCCCCCCN1C=CN(C)C1C.O=C(O)c1ccc(CO)cc1. The Balaban J connectivity index is 0.000000412. The fourth-order valence-electron chi connectivity index (χ4n) is 4.00. The van der Waals surface area contributed by atoms with E-state index in [4.69, 9.17) is 10.2 Å². The van der Waals surface area contributed by atoms with Gasteiger partial charge in [-0.1, -0.05) is 96.1 Å². The third-order valence-corrected chi connectivity index (χ3v) is 6.47. The molecule has 33 heavy (non-hydrogen) atoms. The zero-order valence-electron chi connectivity index (χ0n) is 21.3. The first-order chi connectivity index (χ1) is 16.0. The van der Waals surface area contributed by atoms with Crippen molar-refractivity contribution in [2.24, 2.45) is 0 Å². The van der Waals surface area contributed by atoms with Crippen molar-refractivity contribution >= 4 is 5.97 Å². The van der Waals surface area contributed by atoms with Crippen molar-refractivity contribution in [3.8, 4) is 0 Å². The summed E-state index contributed by atoms with van der Waals surface area (Å²) in [7, 11) is 2.16. The molecule has 0 aliphatic carbocycles. The predicted octanol–water partition coefficient (Wildman–Crippen LogP) is 7.02. The van der Waals surface area contributed by atoms with Crippen LogP contribution in [0.2, 0.25) is 0 Å². The molecule has 0 fully saturated rings. The molecular formula is C28H48N2O3. The summed E-state index contributed by atoms with van der Waals surface area (Å²) in [4.78, 5) is 15.1. The molecule has 1 aliphatic rings. The number of hydrogen-bond donors (Lipinski definition) is 2. The van der Waals surface area contributed by atoms with Gasteiger partial charge in [-0.25, -0.2) is 4.79 Å². The molecule has 1 atom stereocenters. The molecule has 5 nitrogen and oxygen atoms in total. The molecule has 1 aromatic carbocycles. The normalized spacial score (nSPS) is 15.0. The Morgan fingerprint density at radius 2 is 1.30 bits per heavy atom. The van der Waals surface area contributed by atoms with Crippen LogP contribution >= 0.6 is 0 Å². The summed E-state index contributed by atoms with van der Waals surface area (Å²) in [5.41, 5.74) is 0.956. The second-order valence-corrected chi connectivity index (χ2v) is 9.24. The topological polar surface area (TPSA) is 64.0 Å². The second-order valence-electron chi connectivity index (χ2n) is 9.24. The van der Waals surface area contributed by atoms with Gasteiger partial charge in [-0.05, 0) is 31.0 Å². The van der Waals surface area contributed by atoms with Gasteiger partial charge in [-0.15, -0.1) is 0 Å². The summed E-state index contributed by atoms with van der Waals surface area (Å²) in [5.74, 6) is -0.950. The van der Waals surface area contributed by atoms with Crippen LogP contribution in [0, 0.1) is 0 Å². The fourth-order valence-corrected chi connectivity index (χ4v) is 4.00. The number of unbranched alkanes of at least 4 members (excludes halogenated alkanes) is 12. The van der Waals surface area contributed by atoms with Crippen molar-refractivity contribution in [2.75, 3.05) is 13.6 Å². The van der Waals surface area contributed by atoms with Crippen LogP contribution in [0.3, 0.4) is 0 Å². The summed E-state index contributed by atoms with van der Waals surface area (Å²) in [6, 6.07) is 6.11. The Morgan fingerprint density at radius 3 is 1.70 bits per heavy atom. The van der Waals surface area contributed by atoms with Crippen molar-refractivity contribution in [1.29, 1.82) is 0 Å². The first-order valence-electron chi connectivity index (χ1n) is 13.1. The Labute approximate surface area is 202 Å². The van der Waals surface area contributed by atoms with E-state index in [0.29, 0.717) is 6.17 Å². The van der Waals surface area contributed by atoms with Gasteiger partial charge in [0.05, 0.1) is 18.3 Å². The molecular weight excluding hydrogens is 412 g/mol. The lowest BCUT2D eigenvalue weighted by Gasteiger charge is -2.26. The molecule has 0 saturated heterocycles. The molecule has 1 aromatic rings.